The van der Waals surface area contributed by atoms with Crippen LogP contribution in [0, 0.1) is 0 Å². The first-order valence-electron chi connectivity index (χ1n) is 5.17. The molecule has 1 amide bonds. The first-order chi connectivity index (χ1) is 7.72. The van der Waals surface area contributed by atoms with Crippen molar-refractivity contribution in [2.45, 2.75) is 12.5 Å². The van der Waals surface area contributed by atoms with Crippen molar-refractivity contribution in [3.8, 4) is 0 Å². The number of halogens is 1. The standard InChI is InChI=1S/C11H13ClN2O2/c12-7-2-3-8-9(6-7)14-11(16)10(8)13-4-1-5-15/h2-3,6,10,13,15H,1,4-5H2,(H,14,16). The maximum Gasteiger partial charge on any atom is 0.246 e. The lowest BCUT2D eigenvalue weighted by Crippen LogP contribution is -2.28. The van der Waals surface area contributed by atoms with Crippen LogP contribution in [-0.4, -0.2) is 24.2 Å². The molecule has 1 aliphatic heterocycles. The summed E-state index contributed by atoms with van der Waals surface area (Å²) >= 11 is 5.84. The van der Waals surface area contributed by atoms with Crippen molar-refractivity contribution in [2.75, 3.05) is 18.5 Å². The fraction of sp³-hybridized carbons (Fsp3) is 0.364. The maximum atomic E-state index is 11.7. The van der Waals surface area contributed by atoms with E-state index in [-0.39, 0.29) is 18.6 Å². The molecule has 4 nitrogen and oxygen atoms in total. The van der Waals surface area contributed by atoms with E-state index in [0.717, 1.165) is 11.3 Å². The van der Waals surface area contributed by atoms with E-state index < -0.39 is 0 Å². The summed E-state index contributed by atoms with van der Waals surface area (Å²) in [6, 6.07) is 5.01. The molecule has 2 rings (SSSR count). The van der Waals surface area contributed by atoms with Gasteiger partial charge >= 0.3 is 0 Å². The highest BCUT2D eigenvalue weighted by Crippen LogP contribution is 2.32. The van der Waals surface area contributed by atoms with E-state index in [0.29, 0.717) is 18.0 Å². The van der Waals surface area contributed by atoms with Gasteiger partial charge in [0.15, 0.2) is 0 Å². The normalized spacial score (nSPS) is 18.4. The Morgan fingerprint density at radius 2 is 2.31 bits per heavy atom. The number of aliphatic hydroxyl groups excluding tert-OH is 1. The van der Waals surface area contributed by atoms with E-state index in [1.54, 1.807) is 12.1 Å². The highest BCUT2D eigenvalue weighted by Gasteiger charge is 2.29. The van der Waals surface area contributed by atoms with Gasteiger partial charge in [0, 0.05) is 22.9 Å². The van der Waals surface area contributed by atoms with Gasteiger partial charge in [-0.2, -0.15) is 0 Å². The van der Waals surface area contributed by atoms with Gasteiger partial charge in [0.05, 0.1) is 0 Å². The Labute approximate surface area is 98.6 Å². The van der Waals surface area contributed by atoms with Gasteiger partial charge < -0.3 is 15.7 Å². The molecule has 86 valence electrons. The van der Waals surface area contributed by atoms with Crippen LogP contribution >= 0.6 is 11.6 Å². The van der Waals surface area contributed by atoms with Gasteiger partial charge in [-0.1, -0.05) is 17.7 Å². The molecule has 1 atom stereocenters. The van der Waals surface area contributed by atoms with E-state index in [9.17, 15) is 4.79 Å². The predicted molar refractivity (Wildman–Crippen MR) is 62.5 cm³/mol. The van der Waals surface area contributed by atoms with Crippen LogP contribution in [0.4, 0.5) is 5.69 Å². The summed E-state index contributed by atoms with van der Waals surface area (Å²) in [6.07, 6.45) is 0.632. The van der Waals surface area contributed by atoms with Crippen LogP contribution in [0.5, 0.6) is 0 Å². The minimum atomic E-state index is -0.334. The number of rotatable bonds is 4. The molecule has 0 bridgehead atoms. The highest BCUT2D eigenvalue weighted by atomic mass is 35.5. The van der Waals surface area contributed by atoms with Gasteiger partial charge in [0.2, 0.25) is 5.91 Å². The third-order valence-electron chi connectivity index (χ3n) is 2.53. The van der Waals surface area contributed by atoms with Gasteiger partial charge in [0.25, 0.3) is 0 Å². The third kappa shape index (κ3) is 2.19. The van der Waals surface area contributed by atoms with Crippen molar-refractivity contribution in [2.24, 2.45) is 0 Å². The lowest BCUT2D eigenvalue weighted by Gasteiger charge is -2.10. The lowest BCUT2D eigenvalue weighted by molar-refractivity contribution is -0.117. The van der Waals surface area contributed by atoms with Crippen molar-refractivity contribution in [1.82, 2.24) is 5.32 Å². The second-order valence-electron chi connectivity index (χ2n) is 3.69. The number of fused-ring (bicyclic) bond motifs is 1. The molecule has 1 heterocycles. The van der Waals surface area contributed by atoms with Gasteiger partial charge in [-0.3, -0.25) is 4.79 Å². The molecule has 5 heteroatoms. The van der Waals surface area contributed by atoms with Gasteiger partial charge in [-0.25, -0.2) is 0 Å². The number of amides is 1. The van der Waals surface area contributed by atoms with E-state index in [4.69, 9.17) is 16.7 Å². The molecule has 0 saturated heterocycles. The number of nitrogens with one attached hydrogen (secondary N) is 2. The van der Waals surface area contributed by atoms with Crippen molar-refractivity contribution in [1.29, 1.82) is 0 Å². The van der Waals surface area contributed by atoms with Crippen LogP contribution in [0.2, 0.25) is 5.02 Å². The summed E-state index contributed by atoms with van der Waals surface area (Å²) in [5.74, 6) is -0.0739. The van der Waals surface area contributed by atoms with E-state index in [1.807, 2.05) is 6.07 Å². The van der Waals surface area contributed by atoms with Gasteiger partial charge in [-0.05, 0) is 25.1 Å². The minimum Gasteiger partial charge on any atom is -0.396 e. The van der Waals surface area contributed by atoms with Gasteiger partial charge in [-0.15, -0.1) is 0 Å². The zero-order valence-electron chi connectivity index (χ0n) is 8.66. The van der Waals surface area contributed by atoms with Crippen molar-refractivity contribution in [3.63, 3.8) is 0 Å². The Hall–Kier alpha value is -1.10. The Kier molecular flexibility index (Phi) is 3.43. The average Bonchev–Trinajstić information content (AvgIpc) is 2.55. The molecule has 1 unspecified atom stereocenters. The third-order valence-corrected chi connectivity index (χ3v) is 2.76. The molecule has 1 aliphatic rings. The molecule has 0 radical (unpaired) electrons. The first-order valence-corrected chi connectivity index (χ1v) is 5.54. The largest absolute Gasteiger partial charge is 0.396 e. The number of anilines is 1. The Morgan fingerprint density at radius 3 is 3.06 bits per heavy atom. The summed E-state index contributed by atoms with van der Waals surface area (Å²) in [5, 5.41) is 15.1. The van der Waals surface area contributed by atoms with E-state index in [1.165, 1.54) is 0 Å². The first kappa shape index (κ1) is 11.4. The van der Waals surface area contributed by atoms with Crippen molar-refractivity contribution in [3.05, 3.63) is 28.8 Å². The maximum absolute atomic E-state index is 11.7. The molecule has 0 aromatic heterocycles. The Bertz CT molecular complexity index is 409. The summed E-state index contributed by atoms with van der Waals surface area (Å²) in [7, 11) is 0. The zero-order chi connectivity index (χ0) is 11.5. The molecule has 1 aromatic rings. The smallest absolute Gasteiger partial charge is 0.246 e. The van der Waals surface area contributed by atoms with Crippen LogP contribution in [0.25, 0.3) is 0 Å². The van der Waals surface area contributed by atoms with E-state index >= 15 is 0 Å². The van der Waals surface area contributed by atoms with Crippen LogP contribution < -0.4 is 10.6 Å². The number of benzene rings is 1. The quantitative estimate of drug-likeness (QED) is 0.696. The summed E-state index contributed by atoms with van der Waals surface area (Å²) < 4.78 is 0. The number of hydrogen-bond donors (Lipinski definition) is 3. The number of carbonyl (C=O) groups excluding carboxylic acids is 1. The minimum absolute atomic E-state index is 0.0739. The molecule has 1 aromatic carbocycles. The topological polar surface area (TPSA) is 61.4 Å². The molecule has 16 heavy (non-hydrogen) atoms. The molecule has 0 saturated carbocycles. The second kappa shape index (κ2) is 4.82. The van der Waals surface area contributed by atoms with Crippen LogP contribution in [-0.2, 0) is 4.79 Å². The second-order valence-corrected chi connectivity index (χ2v) is 4.12. The number of hydrogen-bond acceptors (Lipinski definition) is 3. The van der Waals surface area contributed by atoms with Crippen LogP contribution in [0.3, 0.4) is 0 Å². The van der Waals surface area contributed by atoms with E-state index in [2.05, 4.69) is 10.6 Å². The monoisotopic (exact) mass is 240 g/mol. The van der Waals surface area contributed by atoms with Gasteiger partial charge in [0.1, 0.15) is 6.04 Å². The molecular weight excluding hydrogens is 228 g/mol. The average molecular weight is 241 g/mol. The summed E-state index contributed by atoms with van der Waals surface area (Å²) in [5.41, 5.74) is 1.67. The molecular formula is C11H13ClN2O2. The fourth-order valence-corrected chi connectivity index (χ4v) is 1.93. The Morgan fingerprint density at radius 1 is 1.50 bits per heavy atom. The zero-order valence-corrected chi connectivity index (χ0v) is 9.42. The molecule has 0 spiro atoms. The SMILES string of the molecule is O=C1Nc2cc(Cl)ccc2C1NCCCO. The Balaban J connectivity index is 2.13. The van der Waals surface area contributed by atoms with Crippen molar-refractivity contribution >= 4 is 23.2 Å². The predicted octanol–water partition coefficient (Wildman–Crippen LogP) is 1.31. The summed E-state index contributed by atoms with van der Waals surface area (Å²) in [4.78, 5) is 11.7. The summed E-state index contributed by atoms with van der Waals surface area (Å²) in [6.45, 7) is 0.728. The molecule has 0 fully saturated rings. The highest BCUT2D eigenvalue weighted by molar-refractivity contribution is 6.31. The molecule has 0 aliphatic carbocycles. The fourth-order valence-electron chi connectivity index (χ4n) is 1.76. The lowest BCUT2D eigenvalue weighted by atomic mass is 10.1. The molecule has 3 N–H and O–H groups in total. The van der Waals surface area contributed by atoms with Crippen molar-refractivity contribution < 1.29 is 9.90 Å². The number of aliphatic hydroxyl groups is 1. The van der Waals surface area contributed by atoms with Crippen LogP contribution in [0.1, 0.15) is 18.0 Å². The van der Waals surface area contributed by atoms with Crippen LogP contribution in [0.15, 0.2) is 18.2 Å². The number of carbonyl (C=O) groups is 1.